The smallest absolute Gasteiger partial charge is 0.165 e. The first-order valence-corrected chi connectivity index (χ1v) is 7.80. The van der Waals surface area contributed by atoms with E-state index >= 15 is 0 Å². The molecule has 0 aliphatic carbocycles. The molecule has 2 rings (SSSR count). The maximum Gasteiger partial charge on any atom is 0.165 e. The van der Waals surface area contributed by atoms with Crippen molar-refractivity contribution in [3.8, 4) is 11.5 Å². The number of ether oxygens (including phenoxy) is 1. The molecule has 1 aromatic carbocycles. The second kappa shape index (κ2) is 7.84. The molecule has 0 radical (unpaired) electrons. The summed E-state index contributed by atoms with van der Waals surface area (Å²) >= 11 is 0. The van der Waals surface area contributed by atoms with Gasteiger partial charge in [-0.1, -0.05) is 32.9 Å². The Morgan fingerprint density at radius 1 is 1.24 bits per heavy atom. The molecule has 0 fully saturated rings. The van der Waals surface area contributed by atoms with Crippen LogP contribution in [-0.2, 0) is 6.54 Å². The highest BCUT2D eigenvalue weighted by Gasteiger charge is 2.09. The van der Waals surface area contributed by atoms with Crippen LogP contribution < -0.4 is 10.1 Å². The van der Waals surface area contributed by atoms with Crippen molar-refractivity contribution in [1.82, 2.24) is 15.1 Å². The average molecular weight is 287 g/mol. The highest BCUT2D eigenvalue weighted by atomic mass is 16.5. The van der Waals surface area contributed by atoms with Crippen LogP contribution in [-0.4, -0.2) is 16.3 Å². The van der Waals surface area contributed by atoms with Crippen molar-refractivity contribution in [2.24, 2.45) is 0 Å². The van der Waals surface area contributed by atoms with E-state index in [1.807, 2.05) is 23.0 Å². The number of aryl methyl sites for hydroxylation is 1. The Labute approximate surface area is 127 Å². The summed E-state index contributed by atoms with van der Waals surface area (Å²) in [5, 5.41) is 7.77. The SMILES string of the molecule is CCCn1cc(Oc2cccc(C(CC)NCC)c2)cn1. The Hall–Kier alpha value is -1.81. The monoisotopic (exact) mass is 287 g/mol. The van der Waals surface area contributed by atoms with Gasteiger partial charge in [0.1, 0.15) is 5.75 Å². The molecule has 2 aromatic rings. The second-order valence-electron chi connectivity index (χ2n) is 5.13. The maximum atomic E-state index is 5.91. The number of aromatic nitrogens is 2. The van der Waals surface area contributed by atoms with Crippen LogP contribution in [0, 0.1) is 0 Å². The van der Waals surface area contributed by atoms with Gasteiger partial charge in [0.15, 0.2) is 5.75 Å². The normalized spacial score (nSPS) is 12.3. The lowest BCUT2D eigenvalue weighted by Crippen LogP contribution is -2.19. The summed E-state index contributed by atoms with van der Waals surface area (Å²) < 4.78 is 7.82. The van der Waals surface area contributed by atoms with Crippen LogP contribution >= 0.6 is 0 Å². The third kappa shape index (κ3) is 4.33. The molecule has 0 saturated carbocycles. The van der Waals surface area contributed by atoms with E-state index in [0.29, 0.717) is 6.04 Å². The van der Waals surface area contributed by atoms with E-state index in [0.717, 1.165) is 37.4 Å². The molecule has 0 saturated heterocycles. The minimum absolute atomic E-state index is 0.376. The van der Waals surface area contributed by atoms with Gasteiger partial charge in [0.05, 0.1) is 12.4 Å². The fourth-order valence-corrected chi connectivity index (χ4v) is 2.42. The molecule has 0 aliphatic rings. The van der Waals surface area contributed by atoms with Crippen molar-refractivity contribution in [2.75, 3.05) is 6.54 Å². The summed E-state index contributed by atoms with van der Waals surface area (Å²) in [6.45, 7) is 8.34. The van der Waals surface area contributed by atoms with E-state index in [1.54, 1.807) is 6.20 Å². The highest BCUT2D eigenvalue weighted by molar-refractivity contribution is 5.33. The van der Waals surface area contributed by atoms with Crippen LogP contribution in [0.15, 0.2) is 36.7 Å². The summed E-state index contributed by atoms with van der Waals surface area (Å²) in [5.41, 5.74) is 1.26. The van der Waals surface area contributed by atoms with E-state index in [1.165, 1.54) is 5.56 Å². The minimum Gasteiger partial charge on any atom is -0.454 e. The minimum atomic E-state index is 0.376. The highest BCUT2D eigenvalue weighted by Crippen LogP contribution is 2.25. The fourth-order valence-electron chi connectivity index (χ4n) is 2.42. The molecule has 0 aliphatic heterocycles. The van der Waals surface area contributed by atoms with Crippen molar-refractivity contribution < 1.29 is 4.74 Å². The Balaban J connectivity index is 2.09. The third-order valence-electron chi connectivity index (χ3n) is 3.42. The second-order valence-corrected chi connectivity index (χ2v) is 5.13. The Morgan fingerprint density at radius 3 is 2.81 bits per heavy atom. The van der Waals surface area contributed by atoms with Gasteiger partial charge in [-0.15, -0.1) is 0 Å². The van der Waals surface area contributed by atoms with E-state index in [4.69, 9.17) is 4.74 Å². The van der Waals surface area contributed by atoms with E-state index < -0.39 is 0 Å². The zero-order valence-electron chi connectivity index (χ0n) is 13.2. The molecule has 1 aromatic heterocycles. The summed E-state index contributed by atoms with van der Waals surface area (Å²) in [6.07, 6.45) is 5.84. The van der Waals surface area contributed by atoms with Crippen LogP contribution in [0.5, 0.6) is 11.5 Å². The van der Waals surface area contributed by atoms with Gasteiger partial charge < -0.3 is 10.1 Å². The van der Waals surface area contributed by atoms with Gasteiger partial charge in [-0.2, -0.15) is 5.10 Å². The van der Waals surface area contributed by atoms with Crippen LogP contribution in [0.25, 0.3) is 0 Å². The standard InChI is InChI=1S/C17H25N3O/c1-4-10-20-13-16(12-19-20)21-15-9-7-8-14(11-15)17(5-2)18-6-3/h7-9,11-13,17-18H,4-6,10H2,1-3H3. The number of benzene rings is 1. The van der Waals surface area contributed by atoms with Gasteiger partial charge in [-0.25, -0.2) is 0 Å². The largest absolute Gasteiger partial charge is 0.454 e. The molecule has 0 bridgehead atoms. The Bertz CT molecular complexity index is 550. The van der Waals surface area contributed by atoms with Crippen LogP contribution in [0.3, 0.4) is 0 Å². The molecular weight excluding hydrogens is 262 g/mol. The molecule has 114 valence electrons. The van der Waals surface area contributed by atoms with Crippen LogP contribution in [0.4, 0.5) is 0 Å². The van der Waals surface area contributed by atoms with E-state index in [-0.39, 0.29) is 0 Å². The predicted molar refractivity (Wildman–Crippen MR) is 85.7 cm³/mol. The van der Waals surface area contributed by atoms with Gasteiger partial charge in [-0.05, 0) is 37.1 Å². The first-order chi connectivity index (χ1) is 10.3. The van der Waals surface area contributed by atoms with Gasteiger partial charge in [0.2, 0.25) is 0 Å². The topological polar surface area (TPSA) is 39.1 Å². The molecule has 4 nitrogen and oxygen atoms in total. The number of nitrogens with zero attached hydrogens (tertiary/aromatic N) is 2. The molecule has 1 heterocycles. The van der Waals surface area contributed by atoms with Crippen LogP contribution in [0.2, 0.25) is 0 Å². The predicted octanol–water partition coefficient (Wildman–Crippen LogP) is 4.15. The first kappa shape index (κ1) is 15.6. The molecule has 0 spiro atoms. The summed E-state index contributed by atoms with van der Waals surface area (Å²) in [7, 11) is 0. The number of hydrogen-bond donors (Lipinski definition) is 1. The first-order valence-electron chi connectivity index (χ1n) is 7.80. The van der Waals surface area contributed by atoms with E-state index in [2.05, 4.69) is 43.3 Å². The van der Waals surface area contributed by atoms with Gasteiger partial charge >= 0.3 is 0 Å². The molecule has 1 atom stereocenters. The summed E-state index contributed by atoms with van der Waals surface area (Å²) in [6, 6.07) is 8.65. The zero-order chi connectivity index (χ0) is 15.1. The van der Waals surface area contributed by atoms with Crippen molar-refractivity contribution in [3.63, 3.8) is 0 Å². The Kier molecular flexibility index (Phi) is 5.81. The Morgan fingerprint density at radius 2 is 2.10 bits per heavy atom. The lowest BCUT2D eigenvalue weighted by Gasteiger charge is -2.17. The van der Waals surface area contributed by atoms with E-state index in [9.17, 15) is 0 Å². The summed E-state index contributed by atoms with van der Waals surface area (Å²) in [4.78, 5) is 0. The average Bonchev–Trinajstić information content (AvgIpc) is 2.92. The molecule has 1 unspecified atom stereocenters. The lowest BCUT2D eigenvalue weighted by molar-refractivity contribution is 0.476. The summed E-state index contributed by atoms with van der Waals surface area (Å²) in [5.74, 6) is 1.65. The lowest BCUT2D eigenvalue weighted by atomic mass is 10.0. The van der Waals surface area contributed by atoms with Crippen molar-refractivity contribution >= 4 is 0 Å². The molecule has 4 heteroatoms. The van der Waals surface area contributed by atoms with Crippen molar-refractivity contribution in [3.05, 3.63) is 42.2 Å². The maximum absolute atomic E-state index is 5.91. The van der Waals surface area contributed by atoms with Crippen LogP contribution in [0.1, 0.15) is 45.2 Å². The number of hydrogen-bond acceptors (Lipinski definition) is 3. The molecule has 1 N–H and O–H groups in total. The molecule has 21 heavy (non-hydrogen) atoms. The molecular formula is C17H25N3O. The molecule has 0 amide bonds. The number of nitrogens with one attached hydrogen (secondary N) is 1. The zero-order valence-corrected chi connectivity index (χ0v) is 13.2. The van der Waals surface area contributed by atoms with Gasteiger partial charge in [-0.3, -0.25) is 4.68 Å². The van der Waals surface area contributed by atoms with Gasteiger partial charge in [0, 0.05) is 12.6 Å². The quantitative estimate of drug-likeness (QED) is 0.793. The number of rotatable bonds is 8. The van der Waals surface area contributed by atoms with Crippen molar-refractivity contribution in [2.45, 2.75) is 46.2 Å². The van der Waals surface area contributed by atoms with Gasteiger partial charge in [0.25, 0.3) is 0 Å². The third-order valence-corrected chi connectivity index (χ3v) is 3.42. The fraction of sp³-hybridized carbons (Fsp3) is 0.471. The van der Waals surface area contributed by atoms with Crippen molar-refractivity contribution in [1.29, 1.82) is 0 Å².